The van der Waals surface area contributed by atoms with Crippen molar-refractivity contribution in [1.29, 1.82) is 0 Å². The molecule has 4 bridgehead atoms. The summed E-state index contributed by atoms with van der Waals surface area (Å²) in [6, 6.07) is 16.2. The molecule has 4 aliphatic carbocycles. The first-order valence-corrected chi connectivity index (χ1v) is 14.7. The van der Waals surface area contributed by atoms with Crippen LogP contribution in [0.3, 0.4) is 0 Å². The van der Waals surface area contributed by atoms with Gasteiger partial charge in [-0.1, -0.05) is 48.0 Å². The second-order valence-electron chi connectivity index (χ2n) is 12.5. The number of hydrogen-bond donors (Lipinski definition) is 1. The van der Waals surface area contributed by atoms with Gasteiger partial charge in [0.2, 0.25) is 5.91 Å². The fourth-order valence-corrected chi connectivity index (χ4v) is 8.87. The maximum Gasteiger partial charge on any atom is 0.324 e. The van der Waals surface area contributed by atoms with Crippen molar-refractivity contribution in [3.8, 4) is 0 Å². The topological polar surface area (TPSA) is 64.1 Å². The first kappa shape index (κ1) is 24.5. The van der Waals surface area contributed by atoms with Crippen LogP contribution in [0.4, 0.5) is 10.5 Å². The summed E-state index contributed by atoms with van der Waals surface area (Å²) in [5.74, 6) is 1.77. The number of aliphatic hydroxyl groups is 1. The first-order chi connectivity index (χ1) is 18.4. The third-order valence-corrected chi connectivity index (χ3v) is 10.4. The predicted octanol–water partition coefficient (Wildman–Crippen LogP) is 5.11. The van der Waals surface area contributed by atoms with Crippen molar-refractivity contribution in [3.05, 3.63) is 64.7 Å². The summed E-state index contributed by atoms with van der Waals surface area (Å²) in [6.45, 7) is 2.74. The number of halogens is 1. The van der Waals surface area contributed by atoms with Crippen LogP contribution in [0, 0.1) is 23.7 Å². The Morgan fingerprint density at radius 2 is 1.71 bits per heavy atom. The number of anilines is 1. The molecular formula is C31H36ClN3O3. The van der Waals surface area contributed by atoms with Crippen molar-refractivity contribution in [2.24, 2.45) is 23.7 Å². The van der Waals surface area contributed by atoms with Crippen molar-refractivity contribution in [3.63, 3.8) is 0 Å². The smallest absolute Gasteiger partial charge is 0.324 e. The second kappa shape index (κ2) is 9.27. The minimum Gasteiger partial charge on any atom is -0.390 e. The summed E-state index contributed by atoms with van der Waals surface area (Å²) in [7, 11) is 0. The first-order valence-electron chi connectivity index (χ1n) is 14.3. The Kier molecular flexibility index (Phi) is 5.97. The number of amides is 3. The highest BCUT2D eigenvalue weighted by Crippen LogP contribution is 2.57. The van der Waals surface area contributed by atoms with Crippen LogP contribution in [0.25, 0.3) is 0 Å². The minimum atomic E-state index is -0.472. The third kappa shape index (κ3) is 4.21. The predicted molar refractivity (Wildman–Crippen MR) is 147 cm³/mol. The van der Waals surface area contributed by atoms with Crippen molar-refractivity contribution in [2.45, 2.75) is 63.1 Å². The highest BCUT2D eigenvalue weighted by Gasteiger charge is 2.57. The van der Waals surface area contributed by atoms with Gasteiger partial charge < -0.3 is 14.9 Å². The van der Waals surface area contributed by atoms with Crippen LogP contribution in [0.15, 0.2) is 48.5 Å². The molecule has 0 aromatic heterocycles. The van der Waals surface area contributed by atoms with Crippen LogP contribution in [0.2, 0.25) is 5.02 Å². The van der Waals surface area contributed by atoms with Crippen LogP contribution in [-0.4, -0.2) is 58.1 Å². The van der Waals surface area contributed by atoms with E-state index in [4.69, 9.17) is 11.6 Å². The quantitative estimate of drug-likeness (QED) is 0.561. The summed E-state index contributed by atoms with van der Waals surface area (Å²) in [4.78, 5) is 32.5. The Bertz CT molecular complexity index is 1240. The van der Waals surface area contributed by atoms with Gasteiger partial charge in [-0.25, -0.2) is 4.79 Å². The maximum atomic E-state index is 13.6. The van der Waals surface area contributed by atoms with E-state index in [1.165, 1.54) is 12.8 Å². The molecular weight excluding hydrogens is 498 g/mol. The highest BCUT2D eigenvalue weighted by molar-refractivity contribution is 6.31. The Hall–Kier alpha value is -2.57. The molecule has 200 valence electrons. The lowest BCUT2D eigenvalue weighted by atomic mass is 9.52. The van der Waals surface area contributed by atoms with Crippen LogP contribution < -0.4 is 4.90 Å². The number of hydrogen-bond acceptors (Lipinski definition) is 3. The zero-order valence-corrected chi connectivity index (χ0v) is 22.5. The monoisotopic (exact) mass is 533 g/mol. The molecule has 0 spiro atoms. The van der Waals surface area contributed by atoms with E-state index in [0.29, 0.717) is 54.9 Å². The molecule has 3 unspecified atom stereocenters. The maximum absolute atomic E-state index is 13.6. The molecule has 7 heteroatoms. The summed E-state index contributed by atoms with van der Waals surface area (Å²) >= 11 is 6.74. The van der Waals surface area contributed by atoms with Gasteiger partial charge in [0.1, 0.15) is 0 Å². The average Bonchev–Trinajstić information content (AvgIpc) is 3.42. The molecule has 6 aliphatic rings. The van der Waals surface area contributed by atoms with E-state index < -0.39 is 5.60 Å². The van der Waals surface area contributed by atoms with Gasteiger partial charge in [-0.15, -0.1) is 0 Å². The lowest BCUT2D eigenvalue weighted by molar-refractivity contribution is -0.168. The molecule has 6 nitrogen and oxygen atoms in total. The molecule has 2 heterocycles. The minimum absolute atomic E-state index is 0.000362. The molecule has 2 aromatic carbocycles. The third-order valence-electron chi connectivity index (χ3n) is 10.0. The molecule has 38 heavy (non-hydrogen) atoms. The summed E-state index contributed by atoms with van der Waals surface area (Å²) in [6.07, 6.45) is 6.53. The SMILES string of the molecule is O=C1N(Cc2ccccc2)CCN1c1ccc(CC2CCN(C3C4CC5CC3CC(O)(C5)C4)C2=O)c(Cl)c1. The normalized spacial score (nSPS) is 34.2. The van der Waals surface area contributed by atoms with Crippen LogP contribution in [-0.2, 0) is 17.8 Å². The second-order valence-corrected chi connectivity index (χ2v) is 12.9. The summed E-state index contributed by atoms with van der Waals surface area (Å²) in [5.41, 5.74) is 2.43. The van der Waals surface area contributed by atoms with Gasteiger partial charge in [-0.2, -0.15) is 0 Å². The van der Waals surface area contributed by atoms with Gasteiger partial charge >= 0.3 is 6.03 Å². The van der Waals surface area contributed by atoms with E-state index in [1.807, 2.05) is 53.4 Å². The van der Waals surface area contributed by atoms with Crippen LogP contribution in [0.1, 0.15) is 49.7 Å². The number of carbonyl (C=O) groups excluding carboxylic acids is 2. The van der Waals surface area contributed by atoms with Crippen LogP contribution in [0.5, 0.6) is 0 Å². The zero-order chi connectivity index (χ0) is 26.0. The number of likely N-dealkylation sites (tertiary alicyclic amines) is 1. The van der Waals surface area contributed by atoms with Gasteiger partial charge in [-0.05, 0) is 86.0 Å². The van der Waals surface area contributed by atoms with Gasteiger partial charge in [0.25, 0.3) is 0 Å². The Labute approximate surface area is 229 Å². The van der Waals surface area contributed by atoms with Gasteiger partial charge in [-0.3, -0.25) is 9.69 Å². The van der Waals surface area contributed by atoms with E-state index in [9.17, 15) is 14.7 Å². The van der Waals surface area contributed by atoms with Gasteiger partial charge in [0.15, 0.2) is 0 Å². The lowest BCUT2D eigenvalue weighted by Crippen LogP contribution is -2.62. The fourth-order valence-electron chi connectivity index (χ4n) is 8.62. The Morgan fingerprint density at radius 3 is 2.42 bits per heavy atom. The van der Waals surface area contributed by atoms with Gasteiger partial charge in [0.05, 0.1) is 5.60 Å². The lowest BCUT2D eigenvalue weighted by Gasteiger charge is -2.59. The van der Waals surface area contributed by atoms with Crippen molar-refractivity contribution in [2.75, 3.05) is 24.5 Å². The number of rotatable bonds is 6. The van der Waals surface area contributed by atoms with Crippen molar-refractivity contribution >= 4 is 29.2 Å². The molecule has 2 saturated heterocycles. The molecule has 1 N–H and O–H groups in total. The molecule has 6 fully saturated rings. The molecule has 3 amide bonds. The molecule has 2 aromatic rings. The number of carbonyl (C=O) groups is 2. The van der Waals surface area contributed by atoms with Crippen molar-refractivity contribution in [1.82, 2.24) is 9.80 Å². The standard InChI is InChI=1S/C31H36ClN3O3/c32-27-15-26(34-11-10-33(30(34)37)19-20-4-2-1-3-5-20)7-6-22(27)14-23-8-9-35(29(23)36)28-24-12-21-13-25(28)18-31(38,16-21)17-24/h1-7,15,21,23-25,28,38H,8-14,16-19H2. The fraction of sp³-hybridized carbons (Fsp3) is 0.548. The van der Waals surface area contributed by atoms with E-state index in [1.54, 1.807) is 4.90 Å². The number of benzene rings is 2. The van der Waals surface area contributed by atoms with E-state index >= 15 is 0 Å². The van der Waals surface area contributed by atoms with Gasteiger partial charge in [0, 0.05) is 48.8 Å². The van der Waals surface area contributed by atoms with Crippen molar-refractivity contribution < 1.29 is 14.7 Å². The van der Waals surface area contributed by atoms with E-state index in [-0.39, 0.29) is 17.9 Å². The van der Waals surface area contributed by atoms with Crippen LogP contribution >= 0.6 is 11.6 Å². The number of urea groups is 1. The van der Waals surface area contributed by atoms with E-state index in [2.05, 4.69) is 4.90 Å². The zero-order valence-electron chi connectivity index (χ0n) is 21.8. The van der Waals surface area contributed by atoms with E-state index in [0.717, 1.165) is 49.0 Å². The highest BCUT2D eigenvalue weighted by atomic mass is 35.5. The summed E-state index contributed by atoms with van der Waals surface area (Å²) in [5, 5.41) is 11.6. The Balaban J connectivity index is 1.00. The summed E-state index contributed by atoms with van der Waals surface area (Å²) < 4.78 is 0. The molecule has 8 rings (SSSR count). The average molecular weight is 534 g/mol. The molecule has 4 saturated carbocycles. The Morgan fingerprint density at radius 1 is 0.947 bits per heavy atom. The molecule has 3 atom stereocenters. The number of nitrogens with zero attached hydrogens (tertiary/aromatic N) is 3. The molecule has 0 radical (unpaired) electrons. The molecule has 2 aliphatic heterocycles. The largest absolute Gasteiger partial charge is 0.390 e.